The van der Waals surface area contributed by atoms with Crippen LogP contribution in [0.25, 0.3) is 0 Å². The molecule has 0 aliphatic carbocycles. The van der Waals surface area contributed by atoms with Crippen molar-refractivity contribution >= 4 is 11.3 Å². The molecule has 0 aromatic carbocycles. The zero-order chi connectivity index (χ0) is 8.27. The average Bonchev–Trinajstić information content (AvgIpc) is 2.36. The van der Waals surface area contributed by atoms with Crippen molar-refractivity contribution in [2.75, 3.05) is 6.54 Å². The summed E-state index contributed by atoms with van der Waals surface area (Å²) in [5, 5.41) is 13.5. The Bertz CT molecular complexity index is 222. The molecule has 0 radical (unpaired) electrons. The van der Waals surface area contributed by atoms with Gasteiger partial charge in [-0.15, -0.1) is 0 Å². The number of aliphatic hydroxyl groups is 1. The fraction of sp³-hybridized carbons (Fsp3) is 0.500. The summed E-state index contributed by atoms with van der Waals surface area (Å²) in [5.74, 6) is 0. The van der Waals surface area contributed by atoms with Gasteiger partial charge in [-0.1, -0.05) is 0 Å². The highest BCUT2D eigenvalue weighted by molar-refractivity contribution is 7.08. The Balaban J connectivity index is 2.67. The van der Waals surface area contributed by atoms with Crippen LogP contribution >= 0.6 is 11.3 Å². The lowest BCUT2D eigenvalue weighted by molar-refractivity contribution is 0.170. The van der Waals surface area contributed by atoms with Crippen molar-refractivity contribution in [1.29, 1.82) is 0 Å². The Morgan fingerprint density at radius 3 is 2.82 bits per heavy atom. The second-order valence-electron chi connectivity index (χ2n) is 2.60. The molecule has 0 saturated carbocycles. The third-order valence-corrected chi connectivity index (χ3v) is 2.57. The lowest BCUT2D eigenvalue weighted by atomic mass is 10.1. The molecule has 0 unspecified atom stereocenters. The van der Waals surface area contributed by atoms with Crippen LogP contribution < -0.4 is 5.73 Å². The Morgan fingerprint density at radius 1 is 1.64 bits per heavy atom. The van der Waals surface area contributed by atoms with Gasteiger partial charge in [0.2, 0.25) is 0 Å². The van der Waals surface area contributed by atoms with Gasteiger partial charge in [0.1, 0.15) is 0 Å². The van der Waals surface area contributed by atoms with Crippen LogP contribution in [0.15, 0.2) is 10.8 Å². The highest BCUT2D eigenvalue weighted by Crippen LogP contribution is 2.23. The summed E-state index contributed by atoms with van der Waals surface area (Å²) >= 11 is 1.62. The Labute approximate surface area is 70.7 Å². The molecule has 0 saturated heterocycles. The summed E-state index contributed by atoms with van der Waals surface area (Å²) in [4.78, 5) is 0. The van der Waals surface area contributed by atoms with Crippen LogP contribution in [-0.2, 0) is 0 Å². The Kier molecular flexibility index (Phi) is 3.05. The minimum atomic E-state index is -0.369. The molecule has 3 heteroatoms. The van der Waals surface area contributed by atoms with Crippen molar-refractivity contribution in [2.24, 2.45) is 5.73 Å². The summed E-state index contributed by atoms with van der Waals surface area (Å²) in [6.07, 6.45) is 0.281. The van der Waals surface area contributed by atoms with Crippen molar-refractivity contribution < 1.29 is 5.11 Å². The van der Waals surface area contributed by atoms with E-state index in [0.29, 0.717) is 13.0 Å². The Hall–Kier alpha value is -0.380. The number of hydrogen-bond donors (Lipinski definition) is 2. The summed E-state index contributed by atoms with van der Waals surface area (Å²) in [7, 11) is 0. The normalized spacial score (nSPS) is 13.4. The van der Waals surface area contributed by atoms with Gasteiger partial charge < -0.3 is 10.8 Å². The van der Waals surface area contributed by atoms with Crippen LogP contribution in [0.4, 0.5) is 0 Å². The molecule has 0 amide bonds. The summed E-state index contributed by atoms with van der Waals surface area (Å²) in [6.45, 7) is 2.54. The first-order valence-corrected chi connectivity index (χ1v) is 4.60. The van der Waals surface area contributed by atoms with E-state index in [1.807, 2.05) is 17.7 Å². The van der Waals surface area contributed by atoms with Crippen LogP contribution in [0.5, 0.6) is 0 Å². The minimum Gasteiger partial charge on any atom is -0.388 e. The van der Waals surface area contributed by atoms with Crippen molar-refractivity contribution in [3.05, 3.63) is 21.9 Å². The molecule has 0 bridgehead atoms. The second kappa shape index (κ2) is 3.85. The standard InChI is InChI=1S/C8H13NOS/c1-6-4-11-5-7(6)8(10)2-3-9/h4-5,8,10H,2-3,9H2,1H3/t8-/m1/s1. The van der Waals surface area contributed by atoms with Crippen molar-refractivity contribution in [1.82, 2.24) is 0 Å². The minimum absolute atomic E-state index is 0.369. The first kappa shape index (κ1) is 8.71. The van der Waals surface area contributed by atoms with Crippen molar-refractivity contribution in [3.8, 4) is 0 Å². The van der Waals surface area contributed by atoms with E-state index >= 15 is 0 Å². The lowest BCUT2D eigenvalue weighted by Gasteiger charge is -2.07. The molecule has 1 aromatic heterocycles. The smallest absolute Gasteiger partial charge is 0.0812 e. The second-order valence-corrected chi connectivity index (χ2v) is 3.35. The SMILES string of the molecule is Cc1cscc1[C@H](O)CCN. The van der Waals surface area contributed by atoms with Gasteiger partial charge in [-0.25, -0.2) is 0 Å². The van der Waals surface area contributed by atoms with E-state index < -0.39 is 0 Å². The van der Waals surface area contributed by atoms with Gasteiger partial charge in [-0.3, -0.25) is 0 Å². The molecule has 1 aromatic rings. The van der Waals surface area contributed by atoms with Gasteiger partial charge in [-0.05, 0) is 41.8 Å². The molecule has 1 atom stereocenters. The van der Waals surface area contributed by atoms with E-state index in [0.717, 1.165) is 11.1 Å². The quantitative estimate of drug-likeness (QED) is 0.723. The van der Waals surface area contributed by atoms with Crippen LogP contribution in [0.3, 0.4) is 0 Å². The van der Waals surface area contributed by atoms with Crippen molar-refractivity contribution in [2.45, 2.75) is 19.4 Å². The largest absolute Gasteiger partial charge is 0.388 e. The lowest BCUT2D eigenvalue weighted by Crippen LogP contribution is -2.06. The molecule has 3 N–H and O–H groups in total. The molecule has 1 heterocycles. The maximum Gasteiger partial charge on any atom is 0.0812 e. The topological polar surface area (TPSA) is 46.2 Å². The average molecular weight is 171 g/mol. The van der Waals surface area contributed by atoms with E-state index in [2.05, 4.69) is 0 Å². The van der Waals surface area contributed by atoms with Gasteiger partial charge in [-0.2, -0.15) is 11.3 Å². The van der Waals surface area contributed by atoms with Gasteiger partial charge in [0, 0.05) is 0 Å². The molecular weight excluding hydrogens is 158 g/mol. The molecule has 0 aliphatic heterocycles. The van der Waals surface area contributed by atoms with Gasteiger partial charge in [0.25, 0.3) is 0 Å². The fourth-order valence-electron chi connectivity index (χ4n) is 1.03. The number of hydrogen-bond acceptors (Lipinski definition) is 3. The summed E-state index contributed by atoms with van der Waals surface area (Å²) < 4.78 is 0. The third-order valence-electron chi connectivity index (χ3n) is 1.69. The Morgan fingerprint density at radius 2 is 2.36 bits per heavy atom. The van der Waals surface area contributed by atoms with Crippen LogP contribution in [0, 0.1) is 6.92 Å². The molecule has 0 fully saturated rings. The monoisotopic (exact) mass is 171 g/mol. The predicted octanol–water partition coefficient (Wildman–Crippen LogP) is 1.44. The van der Waals surface area contributed by atoms with E-state index in [1.165, 1.54) is 0 Å². The number of aryl methyl sites for hydroxylation is 1. The molecule has 2 nitrogen and oxygen atoms in total. The van der Waals surface area contributed by atoms with E-state index in [4.69, 9.17) is 5.73 Å². The first-order chi connectivity index (χ1) is 5.25. The fourth-order valence-corrected chi connectivity index (χ4v) is 1.92. The molecule has 11 heavy (non-hydrogen) atoms. The van der Waals surface area contributed by atoms with Crippen LogP contribution in [0.2, 0.25) is 0 Å². The maximum atomic E-state index is 9.52. The van der Waals surface area contributed by atoms with Crippen molar-refractivity contribution in [3.63, 3.8) is 0 Å². The molecule has 62 valence electrons. The molecule has 0 aliphatic rings. The molecule has 0 spiro atoms. The number of nitrogens with two attached hydrogens (primary N) is 1. The predicted molar refractivity (Wildman–Crippen MR) is 47.7 cm³/mol. The van der Waals surface area contributed by atoms with Gasteiger partial charge in [0.15, 0.2) is 0 Å². The van der Waals surface area contributed by atoms with E-state index in [1.54, 1.807) is 11.3 Å². The maximum absolute atomic E-state index is 9.52. The number of rotatable bonds is 3. The zero-order valence-corrected chi connectivity index (χ0v) is 7.40. The van der Waals surface area contributed by atoms with Gasteiger partial charge in [0.05, 0.1) is 6.10 Å². The summed E-state index contributed by atoms with van der Waals surface area (Å²) in [5.41, 5.74) is 7.52. The highest BCUT2D eigenvalue weighted by atomic mass is 32.1. The summed E-state index contributed by atoms with van der Waals surface area (Å²) in [6, 6.07) is 0. The number of aliphatic hydroxyl groups excluding tert-OH is 1. The first-order valence-electron chi connectivity index (χ1n) is 3.66. The molecule has 1 rings (SSSR count). The van der Waals surface area contributed by atoms with Crippen LogP contribution in [-0.4, -0.2) is 11.7 Å². The third kappa shape index (κ3) is 2.02. The zero-order valence-electron chi connectivity index (χ0n) is 6.58. The van der Waals surface area contributed by atoms with Crippen LogP contribution in [0.1, 0.15) is 23.7 Å². The van der Waals surface area contributed by atoms with Gasteiger partial charge >= 0.3 is 0 Å². The molecular formula is C8H13NOS. The number of thiophene rings is 1. The van der Waals surface area contributed by atoms with E-state index in [-0.39, 0.29) is 6.10 Å². The highest BCUT2D eigenvalue weighted by Gasteiger charge is 2.09. The van der Waals surface area contributed by atoms with E-state index in [9.17, 15) is 5.11 Å².